The summed E-state index contributed by atoms with van der Waals surface area (Å²) in [7, 11) is 0. The molecule has 44 heavy (non-hydrogen) atoms. The second-order valence-electron chi connectivity index (χ2n) is 9.54. The Bertz CT molecular complexity index is 1610. The maximum atomic E-state index is 13.5. The van der Waals surface area contributed by atoms with Crippen LogP contribution in [0.25, 0.3) is 6.08 Å². The van der Waals surface area contributed by atoms with E-state index in [1.807, 2.05) is 63.2 Å². The first-order chi connectivity index (χ1) is 21.4. The van der Waals surface area contributed by atoms with Crippen molar-refractivity contribution in [2.75, 3.05) is 23.8 Å². The quantitative estimate of drug-likeness (QED) is 0.111. The summed E-state index contributed by atoms with van der Waals surface area (Å²) in [5, 5.41) is 8.14. The number of hydrogen-bond acceptors (Lipinski definition) is 6. The van der Waals surface area contributed by atoms with E-state index in [0.29, 0.717) is 41.5 Å². The Balaban J connectivity index is 1.48. The number of nitrogens with one attached hydrogen (secondary N) is 3. The molecule has 226 valence electrons. The van der Waals surface area contributed by atoms with E-state index in [0.717, 1.165) is 10.6 Å². The van der Waals surface area contributed by atoms with Crippen LogP contribution in [-0.4, -0.2) is 36.2 Å². The van der Waals surface area contributed by atoms with E-state index in [1.165, 1.54) is 11.8 Å². The highest BCUT2D eigenvalue weighted by atomic mass is 32.2. The van der Waals surface area contributed by atoms with Crippen LogP contribution in [0.2, 0.25) is 0 Å². The lowest BCUT2D eigenvalue weighted by molar-refractivity contribution is -0.115. The van der Waals surface area contributed by atoms with E-state index in [4.69, 9.17) is 9.47 Å². The molecule has 4 aromatic rings. The number of thioether (sulfide) groups is 1. The minimum Gasteiger partial charge on any atom is -0.494 e. The zero-order chi connectivity index (χ0) is 31.3. The molecule has 0 aromatic heterocycles. The first kappa shape index (κ1) is 31.9. The number of benzene rings is 4. The van der Waals surface area contributed by atoms with Gasteiger partial charge in [0.2, 0.25) is 5.91 Å². The number of hydrogen-bond donors (Lipinski definition) is 3. The Morgan fingerprint density at radius 3 is 2.20 bits per heavy atom. The summed E-state index contributed by atoms with van der Waals surface area (Å²) >= 11 is 1.36. The van der Waals surface area contributed by atoms with E-state index in [-0.39, 0.29) is 11.6 Å². The van der Waals surface area contributed by atoms with Gasteiger partial charge in [0, 0.05) is 27.4 Å². The second kappa shape index (κ2) is 16.0. The molecular formula is C35H35N3O5S. The molecule has 1 atom stereocenters. The molecule has 0 radical (unpaired) electrons. The topological polar surface area (TPSA) is 106 Å². The number of anilines is 2. The van der Waals surface area contributed by atoms with Gasteiger partial charge in [-0.25, -0.2) is 0 Å². The van der Waals surface area contributed by atoms with E-state index < -0.39 is 17.1 Å². The number of para-hydroxylation sites is 1. The number of rotatable bonds is 13. The summed E-state index contributed by atoms with van der Waals surface area (Å²) in [4.78, 5) is 40.2. The summed E-state index contributed by atoms with van der Waals surface area (Å²) in [6.45, 7) is 6.62. The van der Waals surface area contributed by atoms with Gasteiger partial charge in [0.15, 0.2) is 0 Å². The fourth-order valence-electron chi connectivity index (χ4n) is 4.13. The van der Waals surface area contributed by atoms with Gasteiger partial charge in [-0.2, -0.15) is 0 Å². The lowest BCUT2D eigenvalue weighted by Crippen LogP contribution is -2.30. The van der Waals surface area contributed by atoms with Gasteiger partial charge in [0.05, 0.1) is 18.5 Å². The molecule has 0 spiro atoms. The lowest BCUT2D eigenvalue weighted by atomic mass is 10.1. The van der Waals surface area contributed by atoms with E-state index in [9.17, 15) is 14.4 Å². The van der Waals surface area contributed by atoms with Crippen LogP contribution in [0.5, 0.6) is 11.5 Å². The van der Waals surface area contributed by atoms with Crippen molar-refractivity contribution in [1.82, 2.24) is 5.32 Å². The maximum absolute atomic E-state index is 13.5. The summed E-state index contributed by atoms with van der Waals surface area (Å²) in [6.07, 6.45) is 1.59. The Morgan fingerprint density at radius 1 is 0.773 bits per heavy atom. The molecule has 3 amide bonds. The third kappa shape index (κ3) is 9.24. The smallest absolute Gasteiger partial charge is 0.272 e. The molecule has 1 unspecified atom stereocenters. The molecule has 0 aliphatic carbocycles. The SMILES string of the molecule is CCOc1ccc(NC(=O)C(C)Sc2cccc(NC(=O)/C(=C\c3ccccc3OCC)NC(=O)c3ccccc3)c2)cc1. The highest BCUT2D eigenvalue weighted by Crippen LogP contribution is 2.28. The number of amides is 3. The van der Waals surface area contributed by atoms with Gasteiger partial charge in [0.1, 0.15) is 17.2 Å². The molecule has 9 heteroatoms. The van der Waals surface area contributed by atoms with Gasteiger partial charge in [-0.15, -0.1) is 11.8 Å². The van der Waals surface area contributed by atoms with Crippen molar-refractivity contribution in [2.24, 2.45) is 0 Å². The zero-order valence-corrected chi connectivity index (χ0v) is 25.6. The van der Waals surface area contributed by atoms with Gasteiger partial charge >= 0.3 is 0 Å². The summed E-state index contributed by atoms with van der Waals surface area (Å²) < 4.78 is 11.2. The number of carbonyl (C=O) groups is 3. The standard InChI is InChI=1S/C35H35N3O5S/c1-4-42-29-20-18-27(19-21-29)36-33(39)24(3)44-30-16-11-15-28(23-30)37-35(41)31(38-34(40)25-12-7-6-8-13-25)22-26-14-9-10-17-32(26)43-5-2/h6-24H,4-5H2,1-3H3,(H,36,39)(H,37,41)(H,38,40)/b31-22+. The summed E-state index contributed by atoms with van der Waals surface area (Å²) in [5.41, 5.74) is 2.30. The number of carbonyl (C=O) groups excluding carboxylic acids is 3. The minimum absolute atomic E-state index is 0.0483. The normalized spacial score (nSPS) is 11.7. The predicted octanol–water partition coefficient (Wildman–Crippen LogP) is 7.01. The molecule has 0 aliphatic rings. The Hall–Kier alpha value is -5.02. The highest BCUT2D eigenvalue weighted by Gasteiger charge is 2.18. The van der Waals surface area contributed by atoms with Crippen molar-refractivity contribution in [3.05, 3.63) is 120 Å². The molecule has 4 rings (SSSR count). The molecular weight excluding hydrogens is 574 g/mol. The van der Waals surface area contributed by atoms with Crippen molar-refractivity contribution in [1.29, 1.82) is 0 Å². The fraction of sp³-hybridized carbons (Fsp3) is 0.171. The Labute approximate surface area is 261 Å². The van der Waals surface area contributed by atoms with Crippen molar-refractivity contribution in [3.8, 4) is 11.5 Å². The average Bonchev–Trinajstić information content (AvgIpc) is 3.03. The van der Waals surface area contributed by atoms with Crippen LogP contribution < -0.4 is 25.4 Å². The van der Waals surface area contributed by atoms with Crippen LogP contribution in [0.3, 0.4) is 0 Å². The van der Waals surface area contributed by atoms with Crippen molar-refractivity contribution in [3.63, 3.8) is 0 Å². The monoisotopic (exact) mass is 609 g/mol. The molecule has 0 bridgehead atoms. The summed E-state index contributed by atoms with van der Waals surface area (Å²) in [5.74, 6) is 0.241. The van der Waals surface area contributed by atoms with Crippen LogP contribution in [0, 0.1) is 0 Å². The third-order valence-electron chi connectivity index (χ3n) is 6.25. The van der Waals surface area contributed by atoms with E-state index in [1.54, 1.807) is 66.7 Å². The maximum Gasteiger partial charge on any atom is 0.272 e. The minimum atomic E-state index is -0.510. The molecule has 8 nitrogen and oxygen atoms in total. The molecule has 3 N–H and O–H groups in total. The first-order valence-electron chi connectivity index (χ1n) is 14.3. The van der Waals surface area contributed by atoms with Crippen LogP contribution in [0.1, 0.15) is 36.7 Å². The lowest BCUT2D eigenvalue weighted by Gasteiger charge is -2.15. The second-order valence-corrected chi connectivity index (χ2v) is 11.0. The van der Waals surface area contributed by atoms with Crippen LogP contribution in [0.15, 0.2) is 114 Å². The van der Waals surface area contributed by atoms with Gasteiger partial charge in [-0.3, -0.25) is 14.4 Å². The third-order valence-corrected chi connectivity index (χ3v) is 7.35. The zero-order valence-electron chi connectivity index (χ0n) is 24.8. The van der Waals surface area contributed by atoms with Crippen molar-refractivity contribution >= 4 is 46.9 Å². The molecule has 0 saturated carbocycles. The van der Waals surface area contributed by atoms with Gasteiger partial charge in [-0.1, -0.05) is 42.5 Å². The van der Waals surface area contributed by atoms with Gasteiger partial charge in [-0.05, 0) is 87.5 Å². The molecule has 4 aromatic carbocycles. The van der Waals surface area contributed by atoms with Crippen LogP contribution >= 0.6 is 11.8 Å². The molecule has 0 heterocycles. The van der Waals surface area contributed by atoms with Crippen molar-refractivity contribution < 1.29 is 23.9 Å². The van der Waals surface area contributed by atoms with Crippen molar-refractivity contribution in [2.45, 2.75) is 30.9 Å². The van der Waals surface area contributed by atoms with E-state index >= 15 is 0 Å². The number of ether oxygens (including phenoxy) is 2. The average molecular weight is 610 g/mol. The molecule has 0 saturated heterocycles. The van der Waals surface area contributed by atoms with Gasteiger partial charge < -0.3 is 25.4 Å². The molecule has 0 fully saturated rings. The predicted molar refractivity (Wildman–Crippen MR) is 176 cm³/mol. The Kier molecular flexibility index (Phi) is 11.6. The summed E-state index contributed by atoms with van der Waals surface area (Å²) in [6, 6.07) is 30.4. The molecule has 0 aliphatic heterocycles. The Morgan fingerprint density at radius 2 is 1.48 bits per heavy atom. The van der Waals surface area contributed by atoms with Crippen LogP contribution in [0.4, 0.5) is 11.4 Å². The van der Waals surface area contributed by atoms with E-state index in [2.05, 4.69) is 16.0 Å². The first-order valence-corrected chi connectivity index (χ1v) is 15.2. The fourth-order valence-corrected chi connectivity index (χ4v) is 5.06. The largest absolute Gasteiger partial charge is 0.494 e. The highest BCUT2D eigenvalue weighted by molar-refractivity contribution is 8.00. The van der Waals surface area contributed by atoms with Gasteiger partial charge in [0.25, 0.3) is 11.8 Å². The van der Waals surface area contributed by atoms with Crippen LogP contribution in [-0.2, 0) is 9.59 Å².